The first-order valence-electron chi connectivity index (χ1n) is 5.40. The monoisotopic (exact) mass is 241 g/mol. The lowest BCUT2D eigenvalue weighted by Crippen LogP contribution is -2.38. The van der Waals surface area contributed by atoms with Crippen LogP contribution in [-0.2, 0) is 11.3 Å². The van der Waals surface area contributed by atoms with Gasteiger partial charge in [-0.15, -0.1) is 0 Å². The van der Waals surface area contributed by atoms with Crippen molar-refractivity contribution in [2.45, 2.75) is 19.1 Å². The van der Waals surface area contributed by atoms with E-state index in [0.29, 0.717) is 0 Å². The molecule has 0 fully saturated rings. The molecule has 17 heavy (non-hydrogen) atoms. The molecule has 1 atom stereocenters. The van der Waals surface area contributed by atoms with Crippen molar-refractivity contribution in [1.82, 2.24) is 5.32 Å². The number of halogens is 1. The molecule has 1 aromatic rings. The third kappa shape index (κ3) is 5.31. The molecule has 0 saturated carbocycles. The Bertz CT molecular complexity index is 332. The first-order valence-corrected chi connectivity index (χ1v) is 5.40. The Balaban J connectivity index is 2.30. The van der Waals surface area contributed by atoms with E-state index in [0.717, 1.165) is 5.56 Å². The number of hydrogen-bond acceptors (Lipinski definition) is 3. The molecule has 0 aromatic heterocycles. The van der Waals surface area contributed by atoms with Crippen LogP contribution < -0.4 is 5.32 Å². The van der Waals surface area contributed by atoms with E-state index in [-0.39, 0.29) is 19.6 Å². The molecule has 0 aliphatic heterocycles. The topological polar surface area (TPSA) is 58.6 Å². The van der Waals surface area contributed by atoms with Crippen LogP contribution in [0.2, 0.25) is 0 Å². The molecule has 0 aliphatic carbocycles. The normalized spacial score (nSPS) is 11.9. The molecule has 1 rings (SSSR count). The zero-order valence-corrected chi connectivity index (χ0v) is 9.43. The minimum Gasteiger partial charge on any atom is -0.445 e. The predicted octanol–water partition coefficient (Wildman–Crippen LogP) is 1.63. The second kappa shape index (κ2) is 7.62. The van der Waals surface area contributed by atoms with Crippen LogP contribution in [0.3, 0.4) is 0 Å². The molecule has 1 amide bonds. The Morgan fingerprint density at radius 2 is 2.12 bits per heavy atom. The van der Waals surface area contributed by atoms with Crippen molar-refractivity contribution >= 4 is 6.09 Å². The molecule has 4 nitrogen and oxygen atoms in total. The quantitative estimate of drug-likeness (QED) is 0.796. The number of alkyl halides is 1. The molecule has 0 saturated heterocycles. The summed E-state index contributed by atoms with van der Waals surface area (Å²) >= 11 is 0. The van der Waals surface area contributed by atoms with Gasteiger partial charge in [-0.3, -0.25) is 4.39 Å². The Kier molecular flexibility index (Phi) is 6.03. The number of hydrogen-bond donors (Lipinski definition) is 2. The highest BCUT2D eigenvalue weighted by Crippen LogP contribution is 2.01. The third-order valence-electron chi connectivity index (χ3n) is 2.21. The molecule has 0 spiro atoms. The van der Waals surface area contributed by atoms with Crippen molar-refractivity contribution in [3.63, 3.8) is 0 Å². The number of aliphatic hydroxyl groups is 1. The van der Waals surface area contributed by atoms with E-state index in [1.54, 1.807) is 0 Å². The van der Waals surface area contributed by atoms with Crippen LogP contribution in [0, 0.1) is 0 Å². The number of aliphatic hydroxyl groups excluding tert-OH is 1. The Hall–Kier alpha value is -1.62. The van der Waals surface area contributed by atoms with Crippen molar-refractivity contribution in [3.05, 3.63) is 35.9 Å². The summed E-state index contributed by atoms with van der Waals surface area (Å²) in [5, 5.41) is 11.2. The van der Waals surface area contributed by atoms with Gasteiger partial charge in [-0.2, -0.15) is 0 Å². The minimum absolute atomic E-state index is 0.0803. The third-order valence-corrected chi connectivity index (χ3v) is 2.21. The standard InChI is InChI=1S/C12H16FNO3/c13-7-6-11(8-15)14-12(16)17-9-10-4-2-1-3-5-10/h1-5,11,15H,6-9H2,(H,14,16). The lowest BCUT2D eigenvalue weighted by Gasteiger charge is -2.14. The number of carbonyl (C=O) groups excluding carboxylic acids is 1. The number of carbonyl (C=O) groups is 1. The zero-order chi connectivity index (χ0) is 12.5. The molecule has 1 unspecified atom stereocenters. The SMILES string of the molecule is O=C(NC(CO)CCF)OCc1ccccc1. The highest BCUT2D eigenvalue weighted by molar-refractivity contribution is 5.67. The summed E-state index contributed by atoms with van der Waals surface area (Å²) in [6.45, 7) is -0.741. The van der Waals surface area contributed by atoms with Crippen LogP contribution in [0.1, 0.15) is 12.0 Å². The van der Waals surface area contributed by atoms with Gasteiger partial charge in [0.15, 0.2) is 0 Å². The van der Waals surface area contributed by atoms with Gasteiger partial charge in [0.2, 0.25) is 0 Å². The van der Waals surface area contributed by atoms with E-state index in [9.17, 15) is 9.18 Å². The summed E-state index contributed by atoms with van der Waals surface area (Å²) in [6.07, 6.45) is -0.571. The lowest BCUT2D eigenvalue weighted by molar-refractivity contribution is 0.127. The van der Waals surface area contributed by atoms with Crippen molar-refractivity contribution in [3.8, 4) is 0 Å². The zero-order valence-electron chi connectivity index (χ0n) is 9.43. The molecule has 0 aliphatic rings. The van der Waals surface area contributed by atoms with Crippen molar-refractivity contribution < 1.29 is 19.0 Å². The van der Waals surface area contributed by atoms with Crippen LogP contribution in [-0.4, -0.2) is 30.5 Å². The molecule has 1 aromatic carbocycles. The fourth-order valence-electron chi connectivity index (χ4n) is 1.27. The largest absolute Gasteiger partial charge is 0.445 e. The molecule has 5 heteroatoms. The summed E-state index contributed by atoms with van der Waals surface area (Å²) in [5.74, 6) is 0. The van der Waals surface area contributed by atoms with Crippen LogP contribution in [0.15, 0.2) is 30.3 Å². The van der Waals surface area contributed by atoms with Gasteiger partial charge in [0.05, 0.1) is 19.3 Å². The molecular formula is C12H16FNO3. The summed E-state index contributed by atoms with van der Waals surface area (Å²) in [5.41, 5.74) is 0.869. The second-order valence-corrected chi connectivity index (χ2v) is 3.56. The summed E-state index contributed by atoms with van der Waals surface area (Å²) in [4.78, 5) is 11.3. The van der Waals surface area contributed by atoms with Gasteiger partial charge in [0.25, 0.3) is 0 Å². The van der Waals surface area contributed by atoms with Crippen LogP contribution >= 0.6 is 0 Å². The van der Waals surface area contributed by atoms with Crippen LogP contribution in [0.25, 0.3) is 0 Å². The predicted molar refractivity (Wildman–Crippen MR) is 61.2 cm³/mol. The maximum atomic E-state index is 12.0. The number of nitrogens with one attached hydrogen (secondary N) is 1. The number of ether oxygens (including phenoxy) is 1. The lowest BCUT2D eigenvalue weighted by atomic mass is 10.2. The van der Waals surface area contributed by atoms with Gasteiger partial charge < -0.3 is 15.2 Å². The van der Waals surface area contributed by atoms with E-state index >= 15 is 0 Å². The first-order chi connectivity index (χ1) is 8.26. The summed E-state index contributed by atoms with van der Waals surface area (Å²) < 4.78 is 17.0. The van der Waals surface area contributed by atoms with Gasteiger partial charge in [0, 0.05) is 0 Å². The van der Waals surface area contributed by atoms with Gasteiger partial charge in [-0.1, -0.05) is 30.3 Å². The van der Waals surface area contributed by atoms with E-state index in [4.69, 9.17) is 9.84 Å². The van der Waals surface area contributed by atoms with E-state index in [1.165, 1.54) is 0 Å². The van der Waals surface area contributed by atoms with Gasteiger partial charge in [-0.25, -0.2) is 4.79 Å². The molecule has 2 N–H and O–H groups in total. The van der Waals surface area contributed by atoms with Crippen molar-refractivity contribution in [2.24, 2.45) is 0 Å². The average Bonchev–Trinajstić information content (AvgIpc) is 2.37. The molecular weight excluding hydrogens is 225 g/mol. The second-order valence-electron chi connectivity index (χ2n) is 3.56. The Morgan fingerprint density at radius 1 is 1.41 bits per heavy atom. The first kappa shape index (κ1) is 13.4. The fourth-order valence-corrected chi connectivity index (χ4v) is 1.27. The average molecular weight is 241 g/mol. The van der Waals surface area contributed by atoms with E-state index in [2.05, 4.69) is 5.32 Å². The van der Waals surface area contributed by atoms with Gasteiger partial charge in [0.1, 0.15) is 6.61 Å². The molecule has 94 valence electrons. The maximum absolute atomic E-state index is 12.0. The molecule has 0 heterocycles. The number of amides is 1. The smallest absolute Gasteiger partial charge is 0.407 e. The minimum atomic E-state index is -0.652. The Morgan fingerprint density at radius 3 is 2.71 bits per heavy atom. The molecule has 0 bridgehead atoms. The highest BCUT2D eigenvalue weighted by Gasteiger charge is 2.11. The van der Waals surface area contributed by atoms with Crippen LogP contribution in [0.5, 0.6) is 0 Å². The molecule has 0 radical (unpaired) electrons. The van der Waals surface area contributed by atoms with Gasteiger partial charge >= 0.3 is 6.09 Å². The summed E-state index contributed by atoms with van der Waals surface area (Å²) in [7, 11) is 0. The van der Waals surface area contributed by atoms with Gasteiger partial charge in [-0.05, 0) is 12.0 Å². The van der Waals surface area contributed by atoms with Crippen molar-refractivity contribution in [1.29, 1.82) is 0 Å². The Labute approximate surface area is 99.4 Å². The highest BCUT2D eigenvalue weighted by atomic mass is 19.1. The van der Waals surface area contributed by atoms with E-state index < -0.39 is 18.8 Å². The number of benzene rings is 1. The van der Waals surface area contributed by atoms with Crippen LogP contribution in [0.4, 0.5) is 9.18 Å². The fraction of sp³-hybridized carbons (Fsp3) is 0.417. The van der Waals surface area contributed by atoms with Crippen molar-refractivity contribution in [2.75, 3.05) is 13.3 Å². The maximum Gasteiger partial charge on any atom is 0.407 e. The van der Waals surface area contributed by atoms with E-state index in [1.807, 2.05) is 30.3 Å². The number of alkyl carbamates (subject to hydrolysis) is 1. The summed E-state index contributed by atoms with van der Waals surface area (Å²) in [6, 6.07) is 8.62. The number of rotatable bonds is 6.